The highest BCUT2D eigenvalue weighted by Gasteiger charge is 2.49. The van der Waals surface area contributed by atoms with E-state index in [0.717, 1.165) is 43.4 Å². The number of aliphatic hydroxyl groups excluding tert-OH is 5. The van der Waals surface area contributed by atoms with E-state index in [1.165, 1.54) is 17.9 Å². The number of aliphatic carboxylic acids is 2. The van der Waals surface area contributed by atoms with Crippen molar-refractivity contribution in [1.82, 2.24) is 51.3 Å². The van der Waals surface area contributed by atoms with Crippen molar-refractivity contribution in [2.75, 3.05) is 38.1 Å². The summed E-state index contributed by atoms with van der Waals surface area (Å²) < 4.78 is 5.67. The Hall–Kier alpha value is -7.35. The second-order valence-electron chi connectivity index (χ2n) is 22.9. The second-order valence-corrected chi connectivity index (χ2v) is 22.9. The summed E-state index contributed by atoms with van der Waals surface area (Å²) in [5.41, 5.74) is -0.123. The van der Waals surface area contributed by atoms with Gasteiger partial charge in [0.1, 0.15) is 48.4 Å². The van der Waals surface area contributed by atoms with Crippen LogP contribution in [0.4, 0.5) is 5.95 Å². The summed E-state index contributed by atoms with van der Waals surface area (Å²) in [5.74, 6) is -14.2. The maximum absolute atomic E-state index is 14.6. The molecule has 1 aromatic rings. The van der Waals surface area contributed by atoms with Crippen LogP contribution in [0.2, 0.25) is 0 Å². The molecule has 0 bridgehead atoms. The second kappa shape index (κ2) is 33.0. The Morgan fingerprint density at radius 3 is 1.86 bits per heavy atom. The number of carbonyl (C=O) groups is 11. The van der Waals surface area contributed by atoms with E-state index in [1.54, 1.807) is 6.92 Å². The van der Waals surface area contributed by atoms with E-state index in [2.05, 4.69) is 45.1 Å². The van der Waals surface area contributed by atoms with E-state index in [1.807, 2.05) is 10.6 Å². The van der Waals surface area contributed by atoms with Crippen molar-refractivity contribution in [1.29, 1.82) is 0 Å². The third kappa shape index (κ3) is 19.3. The van der Waals surface area contributed by atoms with Crippen molar-refractivity contribution in [3.05, 3.63) is 22.1 Å². The third-order valence-corrected chi connectivity index (χ3v) is 15.7. The van der Waals surface area contributed by atoms with Gasteiger partial charge in [-0.2, -0.15) is 0 Å². The van der Waals surface area contributed by atoms with Gasteiger partial charge in [-0.1, -0.05) is 58.8 Å². The minimum Gasteiger partial charge on any atom is -0.479 e. The van der Waals surface area contributed by atoms with E-state index < -0.39 is 169 Å². The van der Waals surface area contributed by atoms with Crippen LogP contribution in [0.25, 0.3) is 0 Å². The van der Waals surface area contributed by atoms with Gasteiger partial charge in [-0.25, -0.2) is 19.4 Å². The van der Waals surface area contributed by atoms with Crippen molar-refractivity contribution in [2.24, 2.45) is 5.92 Å². The van der Waals surface area contributed by atoms with E-state index in [0.29, 0.717) is 29.4 Å². The molecule has 5 rings (SSSR count). The first kappa shape index (κ1) is 69.4. The van der Waals surface area contributed by atoms with E-state index in [-0.39, 0.29) is 76.9 Å². The zero-order valence-corrected chi connectivity index (χ0v) is 48.9. The van der Waals surface area contributed by atoms with Gasteiger partial charge >= 0.3 is 17.9 Å². The molecular formula is C55H85N11O20. The van der Waals surface area contributed by atoms with Crippen LogP contribution in [0.15, 0.2) is 10.9 Å². The molecule has 86 heavy (non-hydrogen) atoms. The number of aliphatic hydroxyl groups is 5. The van der Waals surface area contributed by atoms with Gasteiger partial charge in [-0.3, -0.25) is 48.1 Å². The molecule has 1 aromatic heterocycles. The zero-order valence-electron chi connectivity index (χ0n) is 48.9. The predicted octanol–water partition coefficient (Wildman–Crippen LogP) is -3.62. The Morgan fingerprint density at radius 1 is 0.651 bits per heavy atom. The number of rotatable bonds is 21. The first-order valence-corrected chi connectivity index (χ1v) is 29.5. The molecule has 480 valence electrons. The number of unbranched alkanes of at least 4 members (excludes halogenated alkanes) is 6. The Bertz CT molecular complexity index is 2640. The van der Waals surface area contributed by atoms with Gasteiger partial charge in [-0.15, -0.1) is 0 Å². The first-order chi connectivity index (χ1) is 40.7. The van der Waals surface area contributed by atoms with Gasteiger partial charge in [0.05, 0.1) is 25.2 Å². The Balaban J connectivity index is 1.52. The lowest BCUT2D eigenvalue weighted by Gasteiger charge is -2.34. The number of nitrogens with one attached hydrogen (secondary N) is 7. The molecule has 0 aromatic carbocycles. The molecule has 14 N–H and O–H groups in total. The lowest BCUT2D eigenvalue weighted by Crippen LogP contribution is -2.64. The van der Waals surface area contributed by atoms with Crippen LogP contribution in [0.3, 0.4) is 0 Å². The predicted molar refractivity (Wildman–Crippen MR) is 300 cm³/mol. The molecule has 0 spiro atoms. The number of ether oxygens (including phenoxy) is 1. The molecule has 0 aliphatic carbocycles. The Morgan fingerprint density at radius 2 is 1.24 bits per heavy atom. The van der Waals surface area contributed by atoms with Crippen molar-refractivity contribution in [3.63, 3.8) is 0 Å². The molecule has 31 nitrogen and oxygen atoms in total. The molecule has 13 atom stereocenters. The fourth-order valence-electron chi connectivity index (χ4n) is 11.1. The van der Waals surface area contributed by atoms with E-state index in [9.17, 15) is 93.3 Å². The number of anilines is 1. The topological polar surface area (TPSA) is 466 Å². The van der Waals surface area contributed by atoms with Gasteiger partial charge in [0.2, 0.25) is 53.2 Å². The van der Waals surface area contributed by atoms with Crippen molar-refractivity contribution < 1.29 is 93.2 Å². The van der Waals surface area contributed by atoms with Crippen molar-refractivity contribution in [3.8, 4) is 0 Å². The van der Waals surface area contributed by atoms with Crippen LogP contribution in [0, 0.1) is 12.8 Å². The van der Waals surface area contributed by atoms with Crippen LogP contribution >= 0.6 is 0 Å². The van der Waals surface area contributed by atoms with Gasteiger partial charge in [0, 0.05) is 37.9 Å². The fourth-order valence-corrected chi connectivity index (χ4v) is 11.1. The third-order valence-electron chi connectivity index (χ3n) is 15.7. The number of hydrogen-bond acceptors (Lipinski definition) is 20. The number of cyclic esters (lactones) is 1. The fraction of sp³-hybridized carbons (Fsp3) is 0.727. The Labute approximate surface area is 496 Å². The molecule has 5 heterocycles. The zero-order chi connectivity index (χ0) is 63.5. The summed E-state index contributed by atoms with van der Waals surface area (Å²) in [5, 5.41) is 88.2. The number of aromatic nitrogens is 2. The first-order valence-electron chi connectivity index (χ1n) is 29.5. The number of aryl methyl sites for hydroxylation is 1. The number of aromatic amines is 1. The maximum Gasteiger partial charge on any atom is 0.335 e. The van der Waals surface area contributed by atoms with E-state index >= 15 is 0 Å². The molecule has 1 unspecified atom stereocenters. The summed E-state index contributed by atoms with van der Waals surface area (Å²) in [6.45, 7) is 5.20. The number of amides is 8. The summed E-state index contributed by atoms with van der Waals surface area (Å²) in [7, 11) is 0. The minimum atomic E-state index is -2.78. The quantitative estimate of drug-likeness (QED) is 0.0417. The van der Waals surface area contributed by atoms with Crippen molar-refractivity contribution in [2.45, 2.75) is 216 Å². The summed E-state index contributed by atoms with van der Waals surface area (Å²) in [6.07, 6.45) is -4.47. The maximum atomic E-state index is 14.6. The van der Waals surface area contributed by atoms with Gasteiger partial charge in [0.25, 0.3) is 5.56 Å². The number of esters is 1. The summed E-state index contributed by atoms with van der Waals surface area (Å²) >= 11 is 0. The van der Waals surface area contributed by atoms with Gasteiger partial charge in [0.15, 0.2) is 18.2 Å². The number of hydrogen-bond donors (Lipinski definition) is 14. The van der Waals surface area contributed by atoms with Crippen LogP contribution in [0.1, 0.15) is 136 Å². The number of carbonyl (C=O) groups excluding carboxylic acids is 9. The van der Waals surface area contributed by atoms with Gasteiger partial charge < -0.3 is 87.1 Å². The molecule has 4 fully saturated rings. The molecule has 4 aliphatic rings. The Kier molecular flexibility index (Phi) is 26.6. The van der Waals surface area contributed by atoms with Crippen LogP contribution in [0.5, 0.6) is 0 Å². The highest BCUT2D eigenvalue weighted by atomic mass is 16.5. The minimum absolute atomic E-state index is 0.00410. The highest BCUT2D eigenvalue weighted by molar-refractivity contribution is 6.00. The molecule has 0 radical (unpaired) electrons. The number of H-pyrrole nitrogens is 1. The smallest absolute Gasteiger partial charge is 0.335 e. The SMILES string of the molecule is Cc1cc(=O)[nH]c(NCCC[C@@H]2NC(=O)C3CCCN3C(=O)[C@H]3CCCN3C(=O)[C@@H]([C@@H](C)O)NC(=O)C[C@@H](CCCCCCCCCC(C)C)OC(=O)[C@H]([C@H](O)C(=O)O)NC(=O)[C@@H]3[C@@H](O)CCN3C(=O)[C@@H](CO)NC(=O)[C@@H]([C@@H](O)C(=O)O)NC2=O)n1. The highest BCUT2D eigenvalue weighted by Crippen LogP contribution is 2.27. The van der Waals surface area contributed by atoms with Gasteiger partial charge in [-0.05, 0) is 77.6 Å². The molecule has 8 amide bonds. The molecule has 0 saturated carbocycles. The van der Waals surface area contributed by atoms with Crippen LogP contribution in [-0.2, 0) is 57.5 Å². The average molecular weight is 1220 g/mol. The lowest BCUT2D eigenvalue weighted by atomic mass is 10.0. The molecule has 4 aliphatic heterocycles. The molecular weight excluding hydrogens is 1130 g/mol. The van der Waals surface area contributed by atoms with Crippen molar-refractivity contribution >= 4 is 71.1 Å². The summed E-state index contributed by atoms with van der Waals surface area (Å²) in [4.78, 5) is 175. The molecule has 4 saturated heterocycles. The number of carboxylic acid groups (broad SMARTS) is 2. The van der Waals surface area contributed by atoms with Crippen LogP contribution < -0.4 is 37.5 Å². The standard InChI is InChI=1S/C55H85N11O20/c1-28(2)15-10-8-6-5-7-9-11-16-31-26-38(71)60-39(30(4)68)51(80)65-23-14-19-35(65)50(79)64-22-13-18-34(64)46(75)58-32(17-12-21-56-55-57-29(3)25-37(70)61-55)45(74)62-40(43(72)52(81)82)47(76)59-33(27-67)49(78)66-24-20-36(69)42(66)48(77)63-41(54(85)86-31)44(73)53(83)84/h25,28,30-36,39-44,67-69,72-73H,5-24,26-27H2,1-4H3,(H,58,75)(H,59,76)(H,60,71)(H,62,74)(H,63,77)(H,81,82)(H,83,84)(H2,56,57,61,70)/t30-,31-,32+,33-,34?,35-,36+,39-,40-,41+,42+,43-,44+/m1/s1. The monoisotopic (exact) mass is 1220 g/mol. The summed E-state index contributed by atoms with van der Waals surface area (Å²) in [6, 6.07) is -13.8. The number of nitrogens with zero attached hydrogens (tertiary/aromatic N) is 4. The number of carboxylic acids is 2. The van der Waals surface area contributed by atoms with E-state index in [4.69, 9.17) is 4.74 Å². The lowest BCUT2D eigenvalue weighted by molar-refractivity contribution is -0.165. The number of fused-ring (bicyclic) bond motifs is 3. The normalized spacial score (nSPS) is 27.3. The molecule has 31 heteroatoms. The average Bonchev–Trinajstić information content (AvgIpc) is 3.60. The largest absolute Gasteiger partial charge is 0.479 e. The van der Waals surface area contributed by atoms with Crippen LogP contribution in [-0.4, -0.2) is 237 Å².